The molecule has 1 heterocycles. The van der Waals surface area contributed by atoms with E-state index in [9.17, 15) is 9.90 Å². The Morgan fingerprint density at radius 2 is 2.15 bits per heavy atom. The van der Waals surface area contributed by atoms with E-state index in [1.54, 1.807) is 20.2 Å². The fourth-order valence-electron chi connectivity index (χ4n) is 1.86. The first-order valence-corrected chi connectivity index (χ1v) is 6.97. The fourth-order valence-corrected chi connectivity index (χ4v) is 2.08. The molecule has 1 aromatic heterocycles. The first-order valence-electron chi connectivity index (χ1n) is 6.59. The van der Waals surface area contributed by atoms with E-state index < -0.39 is 0 Å². The van der Waals surface area contributed by atoms with Crippen molar-refractivity contribution in [2.45, 2.75) is 26.3 Å². The van der Waals surface area contributed by atoms with Gasteiger partial charge in [-0.2, -0.15) is 0 Å². The molecule has 6 heteroatoms. The van der Waals surface area contributed by atoms with Gasteiger partial charge >= 0.3 is 0 Å². The number of aromatic nitrogens is 1. The summed E-state index contributed by atoms with van der Waals surface area (Å²) in [5.41, 5.74) is 0.440. The third kappa shape index (κ3) is 4.65. The van der Waals surface area contributed by atoms with Crippen molar-refractivity contribution in [1.29, 1.82) is 0 Å². The SMILES string of the molecule is CC(C)C[C@@H](CO)Nc1ncc(C(=O)N(C)C)cc1Cl. The Labute approximate surface area is 125 Å². The molecule has 2 N–H and O–H groups in total. The summed E-state index contributed by atoms with van der Waals surface area (Å²) in [5.74, 6) is 0.793. The van der Waals surface area contributed by atoms with Gasteiger partial charge in [0.05, 0.1) is 23.2 Å². The molecule has 0 unspecified atom stereocenters. The number of hydrogen-bond acceptors (Lipinski definition) is 4. The summed E-state index contributed by atoms with van der Waals surface area (Å²) in [6.45, 7) is 4.17. The lowest BCUT2D eigenvalue weighted by Gasteiger charge is -2.20. The highest BCUT2D eigenvalue weighted by atomic mass is 35.5. The molecule has 1 atom stereocenters. The minimum absolute atomic E-state index is 0.00850. The quantitative estimate of drug-likeness (QED) is 0.845. The number of amides is 1. The van der Waals surface area contributed by atoms with Crippen LogP contribution < -0.4 is 5.32 Å². The summed E-state index contributed by atoms with van der Waals surface area (Å²) >= 11 is 6.14. The van der Waals surface area contributed by atoms with E-state index in [1.165, 1.54) is 11.1 Å². The lowest BCUT2D eigenvalue weighted by Crippen LogP contribution is -2.26. The third-order valence-electron chi connectivity index (χ3n) is 2.81. The Morgan fingerprint density at radius 1 is 1.50 bits per heavy atom. The highest BCUT2D eigenvalue weighted by Gasteiger charge is 2.15. The van der Waals surface area contributed by atoms with Crippen molar-refractivity contribution in [3.8, 4) is 0 Å². The van der Waals surface area contributed by atoms with Gasteiger partial charge in [-0.05, 0) is 18.4 Å². The van der Waals surface area contributed by atoms with E-state index in [2.05, 4.69) is 24.1 Å². The largest absolute Gasteiger partial charge is 0.394 e. The van der Waals surface area contributed by atoms with Gasteiger partial charge in [0.2, 0.25) is 0 Å². The first-order chi connectivity index (χ1) is 9.35. The molecule has 0 aliphatic carbocycles. The lowest BCUT2D eigenvalue weighted by atomic mass is 10.0. The van der Waals surface area contributed by atoms with E-state index in [4.69, 9.17) is 11.6 Å². The van der Waals surface area contributed by atoms with Crippen LogP contribution in [0.25, 0.3) is 0 Å². The van der Waals surface area contributed by atoms with Crippen LogP contribution in [0.15, 0.2) is 12.3 Å². The lowest BCUT2D eigenvalue weighted by molar-refractivity contribution is 0.0827. The van der Waals surface area contributed by atoms with Gasteiger partial charge in [0.15, 0.2) is 0 Å². The van der Waals surface area contributed by atoms with E-state index in [0.717, 1.165) is 6.42 Å². The smallest absolute Gasteiger partial charge is 0.254 e. The van der Waals surface area contributed by atoms with Crippen LogP contribution in [0.3, 0.4) is 0 Å². The highest BCUT2D eigenvalue weighted by Crippen LogP contribution is 2.22. The number of hydrogen-bond donors (Lipinski definition) is 2. The van der Waals surface area contributed by atoms with E-state index in [1.807, 2.05) is 0 Å². The molecule has 0 bridgehead atoms. The van der Waals surface area contributed by atoms with Crippen LogP contribution in [0.4, 0.5) is 5.82 Å². The Hall–Kier alpha value is -1.33. The van der Waals surface area contributed by atoms with Crippen LogP contribution in [-0.4, -0.2) is 47.6 Å². The van der Waals surface area contributed by atoms with Crippen LogP contribution in [-0.2, 0) is 0 Å². The molecule has 112 valence electrons. The van der Waals surface area contributed by atoms with Gasteiger partial charge in [-0.15, -0.1) is 0 Å². The molecule has 0 spiro atoms. The number of nitrogens with one attached hydrogen (secondary N) is 1. The average Bonchev–Trinajstić information content (AvgIpc) is 2.38. The van der Waals surface area contributed by atoms with Gasteiger partial charge in [-0.25, -0.2) is 4.98 Å². The minimum Gasteiger partial charge on any atom is -0.394 e. The molecular weight excluding hydrogens is 278 g/mol. The van der Waals surface area contributed by atoms with Gasteiger partial charge in [0.25, 0.3) is 5.91 Å². The van der Waals surface area contributed by atoms with Crippen molar-refractivity contribution in [2.75, 3.05) is 26.0 Å². The molecule has 0 saturated carbocycles. The van der Waals surface area contributed by atoms with Crippen molar-refractivity contribution in [3.63, 3.8) is 0 Å². The van der Waals surface area contributed by atoms with Crippen LogP contribution >= 0.6 is 11.6 Å². The number of carbonyl (C=O) groups excluding carboxylic acids is 1. The van der Waals surface area contributed by atoms with Crippen LogP contribution in [0.5, 0.6) is 0 Å². The predicted molar refractivity (Wildman–Crippen MR) is 81.2 cm³/mol. The van der Waals surface area contributed by atoms with Crippen LogP contribution in [0.1, 0.15) is 30.6 Å². The average molecular weight is 300 g/mol. The third-order valence-corrected chi connectivity index (χ3v) is 3.10. The summed E-state index contributed by atoms with van der Waals surface area (Å²) in [6, 6.07) is 1.48. The summed E-state index contributed by atoms with van der Waals surface area (Å²) in [7, 11) is 3.35. The molecule has 0 aliphatic rings. The molecule has 0 fully saturated rings. The predicted octanol–water partition coefficient (Wildman–Crippen LogP) is 2.26. The first kappa shape index (κ1) is 16.7. The molecule has 5 nitrogen and oxygen atoms in total. The van der Waals surface area contributed by atoms with Crippen molar-refractivity contribution in [2.24, 2.45) is 5.92 Å². The van der Waals surface area contributed by atoms with Gasteiger partial charge < -0.3 is 15.3 Å². The normalized spacial score (nSPS) is 12.3. The standard InChI is InChI=1S/C14H22ClN3O2/c1-9(2)5-11(8-19)17-13-12(15)6-10(7-16-13)14(20)18(3)4/h6-7,9,11,19H,5,8H2,1-4H3,(H,16,17)/t11-/m0/s1. The van der Waals surface area contributed by atoms with E-state index >= 15 is 0 Å². The Balaban J connectivity index is 2.85. The summed E-state index contributed by atoms with van der Waals surface area (Å²) in [5, 5.41) is 12.8. The maximum atomic E-state index is 11.8. The molecule has 0 aromatic carbocycles. The minimum atomic E-state index is -0.146. The zero-order chi connectivity index (χ0) is 15.3. The molecule has 1 aromatic rings. The second-order valence-corrected chi connectivity index (χ2v) is 5.81. The molecule has 0 radical (unpaired) electrons. The number of halogens is 1. The maximum Gasteiger partial charge on any atom is 0.254 e. The summed E-state index contributed by atoms with van der Waals surface area (Å²) in [6.07, 6.45) is 2.30. The van der Waals surface area contributed by atoms with Crippen LogP contribution in [0, 0.1) is 5.92 Å². The molecule has 1 rings (SSSR count). The molecule has 0 saturated heterocycles. The van der Waals surface area contributed by atoms with Crippen molar-refractivity contribution < 1.29 is 9.90 Å². The Bertz CT molecular complexity index is 464. The van der Waals surface area contributed by atoms with Gasteiger partial charge in [-0.1, -0.05) is 25.4 Å². The summed E-state index contributed by atoms with van der Waals surface area (Å²) < 4.78 is 0. The molecule has 1 amide bonds. The fraction of sp³-hybridized carbons (Fsp3) is 0.571. The number of aliphatic hydroxyl groups excluding tert-OH is 1. The zero-order valence-electron chi connectivity index (χ0n) is 12.4. The van der Waals surface area contributed by atoms with Crippen molar-refractivity contribution >= 4 is 23.3 Å². The second kappa shape index (κ2) is 7.45. The van der Waals surface area contributed by atoms with E-state index in [0.29, 0.717) is 22.3 Å². The number of carbonyl (C=O) groups is 1. The number of rotatable bonds is 6. The number of pyridine rings is 1. The van der Waals surface area contributed by atoms with Crippen molar-refractivity contribution in [1.82, 2.24) is 9.88 Å². The number of nitrogens with zero attached hydrogens (tertiary/aromatic N) is 2. The molecule has 0 aliphatic heterocycles. The second-order valence-electron chi connectivity index (χ2n) is 5.41. The topological polar surface area (TPSA) is 65.5 Å². The summed E-state index contributed by atoms with van der Waals surface area (Å²) in [4.78, 5) is 17.4. The van der Waals surface area contributed by atoms with Crippen LogP contribution in [0.2, 0.25) is 5.02 Å². The maximum absolute atomic E-state index is 11.8. The van der Waals surface area contributed by atoms with Crippen molar-refractivity contribution in [3.05, 3.63) is 22.8 Å². The molecular formula is C14H22ClN3O2. The number of aliphatic hydroxyl groups is 1. The zero-order valence-corrected chi connectivity index (χ0v) is 13.1. The molecule has 20 heavy (non-hydrogen) atoms. The Kier molecular flexibility index (Phi) is 6.23. The van der Waals surface area contributed by atoms with Gasteiger partial charge in [0, 0.05) is 20.3 Å². The van der Waals surface area contributed by atoms with Gasteiger partial charge in [-0.3, -0.25) is 4.79 Å². The monoisotopic (exact) mass is 299 g/mol. The highest BCUT2D eigenvalue weighted by molar-refractivity contribution is 6.33. The number of anilines is 1. The van der Waals surface area contributed by atoms with E-state index in [-0.39, 0.29) is 18.6 Å². The Morgan fingerprint density at radius 3 is 2.60 bits per heavy atom. The van der Waals surface area contributed by atoms with Gasteiger partial charge in [0.1, 0.15) is 5.82 Å².